The Morgan fingerprint density at radius 1 is 1.44 bits per heavy atom. The molecule has 0 spiro atoms. The van der Waals surface area contributed by atoms with Gasteiger partial charge in [0.15, 0.2) is 0 Å². The fraction of sp³-hybridized carbons (Fsp3) is 0.429. The lowest BCUT2D eigenvalue weighted by atomic mass is 10.2. The lowest BCUT2D eigenvalue weighted by Gasteiger charge is -2.12. The van der Waals surface area contributed by atoms with Crippen molar-refractivity contribution in [1.82, 2.24) is 0 Å². The minimum Gasteiger partial charge on any atom is -0.494 e. The number of rotatable bonds is 2. The Morgan fingerprint density at radius 3 is 2.89 bits per heavy atom. The molecule has 1 aliphatic rings. The summed E-state index contributed by atoms with van der Waals surface area (Å²) in [6.45, 7) is 0.183. The SMILES string of the molecule is OCCC1C=CC=CO1. The van der Waals surface area contributed by atoms with Crippen LogP contribution >= 0.6 is 0 Å². The molecule has 0 fully saturated rings. The van der Waals surface area contributed by atoms with E-state index in [9.17, 15) is 0 Å². The van der Waals surface area contributed by atoms with Gasteiger partial charge in [0.2, 0.25) is 0 Å². The summed E-state index contributed by atoms with van der Waals surface area (Å²) in [5.41, 5.74) is 0. The average Bonchev–Trinajstić information content (AvgIpc) is 1.91. The molecule has 1 atom stereocenters. The normalized spacial score (nSPS) is 23.9. The summed E-state index contributed by atoms with van der Waals surface area (Å²) in [6.07, 6.45) is 8.08. The fourth-order valence-corrected chi connectivity index (χ4v) is 0.717. The highest BCUT2D eigenvalue weighted by Gasteiger charge is 2.02. The molecule has 0 radical (unpaired) electrons. The molecule has 0 aromatic rings. The van der Waals surface area contributed by atoms with E-state index in [1.54, 1.807) is 6.26 Å². The van der Waals surface area contributed by atoms with Gasteiger partial charge in [-0.1, -0.05) is 6.08 Å². The van der Waals surface area contributed by atoms with Gasteiger partial charge in [-0.05, 0) is 12.2 Å². The van der Waals surface area contributed by atoms with E-state index in [-0.39, 0.29) is 12.7 Å². The van der Waals surface area contributed by atoms with Crippen molar-refractivity contribution < 1.29 is 9.84 Å². The summed E-state index contributed by atoms with van der Waals surface area (Å²) in [5, 5.41) is 8.48. The van der Waals surface area contributed by atoms with Gasteiger partial charge in [-0.3, -0.25) is 0 Å². The van der Waals surface area contributed by atoms with Crippen LogP contribution in [0.5, 0.6) is 0 Å². The molecule has 0 saturated heterocycles. The molecule has 0 aromatic carbocycles. The van der Waals surface area contributed by atoms with Crippen LogP contribution in [0.3, 0.4) is 0 Å². The first-order chi connectivity index (χ1) is 4.43. The van der Waals surface area contributed by atoms with E-state index in [4.69, 9.17) is 9.84 Å². The molecule has 1 N–H and O–H groups in total. The Kier molecular flexibility index (Phi) is 2.33. The standard InChI is InChI=1S/C7H10O2/c8-5-4-7-3-1-2-6-9-7/h1-3,6-8H,4-5H2. The summed E-state index contributed by atoms with van der Waals surface area (Å²) in [5.74, 6) is 0. The maximum absolute atomic E-state index is 8.48. The maximum atomic E-state index is 8.48. The van der Waals surface area contributed by atoms with E-state index in [0.29, 0.717) is 6.42 Å². The molecule has 2 heteroatoms. The van der Waals surface area contributed by atoms with Gasteiger partial charge in [-0.25, -0.2) is 0 Å². The number of allylic oxidation sites excluding steroid dienone is 2. The van der Waals surface area contributed by atoms with Gasteiger partial charge >= 0.3 is 0 Å². The van der Waals surface area contributed by atoms with Crippen molar-refractivity contribution in [2.75, 3.05) is 6.61 Å². The van der Waals surface area contributed by atoms with Gasteiger partial charge in [0.05, 0.1) is 6.26 Å². The van der Waals surface area contributed by atoms with Crippen molar-refractivity contribution in [2.45, 2.75) is 12.5 Å². The first kappa shape index (κ1) is 6.36. The zero-order valence-corrected chi connectivity index (χ0v) is 5.16. The van der Waals surface area contributed by atoms with E-state index >= 15 is 0 Å². The quantitative estimate of drug-likeness (QED) is 0.594. The van der Waals surface area contributed by atoms with Crippen LogP contribution in [-0.4, -0.2) is 17.8 Å². The van der Waals surface area contributed by atoms with E-state index in [0.717, 1.165) is 0 Å². The van der Waals surface area contributed by atoms with Crippen molar-refractivity contribution >= 4 is 0 Å². The minimum absolute atomic E-state index is 0.0833. The van der Waals surface area contributed by atoms with Crippen LogP contribution in [0.15, 0.2) is 24.5 Å². The molecule has 1 unspecified atom stereocenters. The second kappa shape index (κ2) is 3.30. The molecule has 1 heterocycles. The zero-order chi connectivity index (χ0) is 6.53. The van der Waals surface area contributed by atoms with E-state index in [2.05, 4.69) is 0 Å². The molecule has 0 amide bonds. The van der Waals surface area contributed by atoms with Gasteiger partial charge in [0, 0.05) is 13.0 Å². The van der Waals surface area contributed by atoms with E-state index < -0.39 is 0 Å². The van der Waals surface area contributed by atoms with E-state index in [1.165, 1.54) is 0 Å². The summed E-state index contributed by atoms with van der Waals surface area (Å²) in [6, 6.07) is 0. The topological polar surface area (TPSA) is 29.5 Å². The molecule has 0 aliphatic carbocycles. The largest absolute Gasteiger partial charge is 0.494 e. The number of hydrogen-bond acceptors (Lipinski definition) is 2. The van der Waals surface area contributed by atoms with Crippen LogP contribution in [0.25, 0.3) is 0 Å². The van der Waals surface area contributed by atoms with Gasteiger partial charge in [0.25, 0.3) is 0 Å². The molecule has 1 rings (SSSR count). The molecule has 0 bridgehead atoms. The van der Waals surface area contributed by atoms with Crippen LogP contribution < -0.4 is 0 Å². The van der Waals surface area contributed by atoms with Crippen molar-refractivity contribution in [3.05, 3.63) is 24.5 Å². The maximum Gasteiger partial charge on any atom is 0.118 e. The monoisotopic (exact) mass is 126 g/mol. The lowest BCUT2D eigenvalue weighted by molar-refractivity contribution is 0.144. The van der Waals surface area contributed by atoms with Crippen LogP contribution in [-0.2, 0) is 4.74 Å². The van der Waals surface area contributed by atoms with Crippen molar-refractivity contribution in [3.63, 3.8) is 0 Å². The number of hydrogen-bond donors (Lipinski definition) is 1. The average molecular weight is 126 g/mol. The second-order valence-corrected chi connectivity index (χ2v) is 1.90. The Morgan fingerprint density at radius 2 is 2.33 bits per heavy atom. The third-order valence-corrected chi connectivity index (χ3v) is 1.18. The first-order valence-electron chi connectivity index (χ1n) is 3.03. The fourth-order valence-electron chi connectivity index (χ4n) is 0.717. The van der Waals surface area contributed by atoms with Gasteiger partial charge in [-0.2, -0.15) is 0 Å². The Hall–Kier alpha value is -0.760. The highest BCUT2D eigenvalue weighted by molar-refractivity contribution is 5.07. The lowest BCUT2D eigenvalue weighted by Crippen LogP contribution is -2.09. The summed E-state index contributed by atoms with van der Waals surface area (Å²) in [7, 11) is 0. The predicted octanol–water partition coefficient (Wildman–Crippen LogP) is 0.837. The Labute approximate surface area is 54.5 Å². The van der Waals surface area contributed by atoms with Gasteiger partial charge in [-0.15, -0.1) is 0 Å². The number of ether oxygens (including phenoxy) is 1. The molecule has 0 saturated carbocycles. The predicted molar refractivity (Wildman–Crippen MR) is 34.9 cm³/mol. The summed E-state index contributed by atoms with van der Waals surface area (Å²) in [4.78, 5) is 0. The van der Waals surface area contributed by atoms with Crippen molar-refractivity contribution in [1.29, 1.82) is 0 Å². The van der Waals surface area contributed by atoms with Crippen LogP contribution in [0.1, 0.15) is 6.42 Å². The Bertz CT molecular complexity index is 127. The molecule has 0 aromatic heterocycles. The van der Waals surface area contributed by atoms with Crippen molar-refractivity contribution in [3.8, 4) is 0 Å². The third kappa shape index (κ3) is 1.90. The summed E-state index contributed by atoms with van der Waals surface area (Å²) < 4.78 is 5.09. The second-order valence-electron chi connectivity index (χ2n) is 1.90. The Balaban J connectivity index is 2.28. The van der Waals surface area contributed by atoms with Gasteiger partial charge < -0.3 is 9.84 Å². The van der Waals surface area contributed by atoms with E-state index in [1.807, 2.05) is 18.2 Å². The van der Waals surface area contributed by atoms with Crippen LogP contribution in [0.2, 0.25) is 0 Å². The van der Waals surface area contributed by atoms with Gasteiger partial charge in [0.1, 0.15) is 6.10 Å². The first-order valence-corrected chi connectivity index (χ1v) is 3.03. The van der Waals surface area contributed by atoms with Crippen LogP contribution in [0, 0.1) is 0 Å². The summed E-state index contributed by atoms with van der Waals surface area (Å²) >= 11 is 0. The highest BCUT2D eigenvalue weighted by Crippen LogP contribution is 2.04. The third-order valence-electron chi connectivity index (χ3n) is 1.18. The van der Waals surface area contributed by atoms with Crippen LogP contribution in [0.4, 0.5) is 0 Å². The molecule has 9 heavy (non-hydrogen) atoms. The smallest absolute Gasteiger partial charge is 0.118 e. The molecule has 1 aliphatic heterocycles. The number of aliphatic hydroxyl groups is 1. The molecule has 2 nitrogen and oxygen atoms in total. The molecular weight excluding hydrogens is 116 g/mol. The minimum atomic E-state index is 0.0833. The van der Waals surface area contributed by atoms with Crippen molar-refractivity contribution in [2.24, 2.45) is 0 Å². The molecule has 50 valence electrons. The highest BCUT2D eigenvalue weighted by atomic mass is 16.5. The molecular formula is C7H10O2. The zero-order valence-electron chi connectivity index (χ0n) is 5.16. The number of aliphatic hydroxyl groups excluding tert-OH is 1.